The zero-order chi connectivity index (χ0) is 10.3. The van der Waals surface area contributed by atoms with Crippen LogP contribution in [0.3, 0.4) is 0 Å². The van der Waals surface area contributed by atoms with Crippen molar-refractivity contribution in [3.05, 3.63) is 0 Å². The van der Waals surface area contributed by atoms with Gasteiger partial charge < -0.3 is 10.4 Å². The van der Waals surface area contributed by atoms with Gasteiger partial charge in [0.2, 0.25) is 5.91 Å². The van der Waals surface area contributed by atoms with E-state index >= 15 is 0 Å². The minimum Gasteiger partial charge on any atom is -0.389 e. The van der Waals surface area contributed by atoms with E-state index in [-0.39, 0.29) is 11.9 Å². The molecule has 0 aromatic rings. The van der Waals surface area contributed by atoms with E-state index in [1.165, 1.54) is 6.42 Å². The van der Waals surface area contributed by atoms with Gasteiger partial charge in [0.1, 0.15) is 6.04 Å². The van der Waals surface area contributed by atoms with E-state index in [1.807, 2.05) is 0 Å². The standard InChI is InChI=1S/C10H18N2O2/c1-10(2,14)6-11-9(13)8-7-4-3-5-12(7)8/h7-8,14H,3-6H2,1-2H3,(H,11,13). The van der Waals surface area contributed by atoms with Crippen LogP contribution in [-0.4, -0.2) is 46.7 Å². The summed E-state index contributed by atoms with van der Waals surface area (Å²) >= 11 is 0. The maximum absolute atomic E-state index is 11.6. The zero-order valence-corrected chi connectivity index (χ0v) is 8.79. The lowest BCUT2D eigenvalue weighted by molar-refractivity contribution is -0.122. The molecule has 14 heavy (non-hydrogen) atoms. The number of nitrogens with one attached hydrogen (secondary N) is 1. The van der Waals surface area contributed by atoms with Gasteiger partial charge in [-0.25, -0.2) is 0 Å². The Morgan fingerprint density at radius 1 is 1.64 bits per heavy atom. The van der Waals surface area contributed by atoms with Crippen LogP contribution >= 0.6 is 0 Å². The Balaban J connectivity index is 1.75. The van der Waals surface area contributed by atoms with Crippen LogP contribution in [0.25, 0.3) is 0 Å². The minimum absolute atomic E-state index is 0.0804. The molecule has 2 aliphatic rings. The molecule has 2 saturated heterocycles. The topological polar surface area (TPSA) is 52.3 Å². The third-order valence-corrected chi connectivity index (χ3v) is 2.94. The first-order valence-corrected chi connectivity index (χ1v) is 5.25. The third-order valence-electron chi connectivity index (χ3n) is 2.94. The van der Waals surface area contributed by atoms with E-state index in [1.54, 1.807) is 13.8 Å². The monoisotopic (exact) mass is 198 g/mol. The molecule has 3 unspecified atom stereocenters. The quantitative estimate of drug-likeness (QED) is 0.613. The first kappa shape index (κ1) is 9.93. The van der Waals surface area contributed by atoms with E-state index in [9.17, 15) is 9.90 Å². The molecule has 2 aliphatic heterocycles. The molecule has 2 fully saturated rings. The molecule has 0 aromatic heterocycles. The SMILES string of the molecule is CC(C)(O)CNC(=O)C1C2CCCN21. The zero-order valence-electron chi connectivity index (χ0n) is 8.79. The molecule has 0 spiro atoms. The summed E-state index contributed by atoms with van der Waals surface area (Å²) in [6.45, 7) is 4.79. The van der Waals surface area contributed by atoms with Gasteiger partial charge >= 0.3 is 0 Å². The molecule has 2 N–H and O–H groups in total. The summed E-state index contributed by atoms with van der Waals surface area (Å²) in [5.74, 6) is 0.0804. The number of hydrogen-bond donors (Lipinski definition) is 2. The number of rotatable bonds is 3. The van der Waals surface area contributed by atoms with Crippen LogP contribution < -0.4 is 5.32 Å². The van der Waals surface area contributed by atoms with Crippen LogP contribution in [0.1, 0.15) is 26.7 Å². The summed E-state index contributed by atoms with van der Waals surface area (Å²) in [5, 5.41) is 12.2. The second kappa shape index (κ2) is 3.21. The molecule has 2 heterocycles. The Kier molecular flexibility index (Phi) is 2.27. The maximum Gasteiger partial charge on any atom is 0.239 e. The first-order chi connectivity index (χ1) is 6.49. The number of fused-ring (bicyclic) bond motifs is 1. The summed E-state index contributed by atoms with van der Waals surface area (Å²) in [4.78, 5) is 13.8. The van der Waals surface area contributed by atoms with Crippen molar-refractivity contribution >= 4 is 5.91 Å². The molecule has 0 bridgehead atoms. The highest BCUT2D eigenvalue weighted by molar-refractivity contribution is 5.85. The number of hydrogen-bond acceptors (Lipinski definition) is 3. The number of piperidine rings is 1. The van der Waals surface area contributed by atoms with E-state index in [0.717, 1.165) is 13.0 Å². The summed E-state index contributed by atoms with van der Waals surface area (Å²) < 4.78 is 0. The lowest BCUT2D eigenvalue weighted by Gasteiger charge is -2.17. The van der Waals surface area contributed by atoms with Crippen LogP contribution in [0.4, 0.5) is 0 Å². The number of aliphatic hydroxyl groups is 1. The fourth-order valence-corrected chi connectivity index (χ4v) is 2.18. The van der Waals surface area contributed by atoms with E-state index in [0.29, 0.717) is 12.6 Å². The van der Waals surface area contributed by atoms with E-state index in [2.05, 4.69) is 10.2 Å². The second-order valence-electron chi connectivity index (χ2n) is 4.92. The Morgan fingerprint density at radius 3 is 2.86 bits per heavy atom. The minimum atomic E-state index is -0.811. The lowest BCUT2D eigenvalue weighted by Crippen LogP contribution is -2.41. The van der Waals surface area contributed by atoms with Crippen LogP contribution in [0.2, 0.25) is 0 Å². The first-order valence-electron chi connectivity index (χ1n) is 5.25. The molecule has 4 nitrogen and oxygen atoms in total. The van der Waals surface area contributed by atoms with Gasteiger partial charge in [-0.3, -0.25) is 9.69 Å². The predicted molar refractivity (Wildman–Crippen MR) is 52.8 cm³/mol. The Bertz CT molecular complexity index is 237. The van der Waals surface area contributed by atoms with Gasteiger partial charge in [0.05, 0.1) is 5.60 Å². The molecule has 80 valence electrons. The highest BCUT2D eigenvalue weighted by atomic mass is 16.3. The number of nitrogens with zero attached hydrogens (tertiary/aromatic N) is 1. The summed E-state index contributed by atoms with van der Waals surface area (Å²) in [6, 6.07) is 0.600. The second-order valence-corrected chi connectivity index (χ2v) is 4.92. The molecule has 4 heteroatoms. The Morgan fingerprint density at radius 2 is 2.36 bits per heavy atom. The van der Waals surface area contributed by atoms with Crippen molar-refractivity contribution in [2.24, 2.45) is 0 Å². The fraction of sp³-hybridized carbons (Fsp3) is 0.900. The molecule has 2 rings (SSSR count). The van der Waals surface area contributed by atoms with Gasteiger partial charge in [0.25, 0.3) is 0 Å². The van der Waals surface area contributed by atoms with Gasteiger partial charge in [0, 0.05) is 12.6 Å². The van der Waals surface area contributed by atoms with Gasteiger partial charge in [0.15, 0.2) is 0 Å². The van der Waals surface area contributed by atoms with Crippen molar-refractivity contribution in [3.63, 3.8) is 0 Å². The normalized spacial score (nSPS) is 35.2. The molecule has 3 atom stereocenters. The lowest BCUT2D eigenvalue weighted by atomic mass is 10.1. The number of amides is 1. The smallest absolute Gasteiger partial charge is 0.239 e. The Hall–Kier alpha value is -0.610. The molecule has 1 amide bonds. The largest absolute Gasteiger partial charge is 0.389 e. The maximum atomic E-state index is 11.6. The molecule has 0 saturated carbocycles. The van der Waals surface area contributed by atoms with Crippen LogP contribution in [0, 0.1) is 0 Å². The van der Waals surface area contributed by atoms with Crippen molar-refractivity contribution in [1.29, 1.82) is 0 Å². The third kappa shape index (κ3) is 1.91. The van der Waals surface area contributed by atoms with Gasteiger partial charge in [-0.1, -0.05) is 0 Å². The fourth-order valence-electron chi connectivity index (χ4n) is 2.18. The van der Waals surface area contributed by atoms with Crippen molar-refractivity contribution in [3.8, 4) is 0 Å². The Labute approximate surface area is 84.3 Å². The highest BCUT2D eigenvalue weighted by Crippen LogP contribution is 2.37. The number of carbonyl (C=O) groups is 1. The number of carbonyl (C=O) groups excluding carboxylic acids is 1. The van der Waals surface area contributed by atoms with Crippen molar-refractivity contribution in [1.82, 2.24) is 10.2 Å². The van der Waals surface area contributed by atoms with Gasteiger partial charge in [-0.05, 0) is 33.2 Å². The van der Waals surface area contributed by atoms with Crippen LogP contribution in [0.15, 0.2) is 0 Å². The molecule has 0 aliphatic carbocycles. The molecular formula is C10H18N2O2. The van der Waals surface area contributed by atoms with Crippen molar-refractivity contribution in [2.75, 3.05) is 13.1 Å². The van der Waals surface area contributed by atoms with Gasteiger partial charge in [-0.2, -0.15) is 0 Å². The van der Waals surface area contributed by atoms with E-state index in [4.69, 9.17) is 0 Å². The molecule has 0 aromatic carbocycles. The van der Waals surface area contributed by atoms with Crippen LogP contribution in [0.5, 0.6) is 0 Å². The molecular weight excluding hydrogens is 180 g/mol. The highest BCUT2D eigenvalue weighted by Gasteiger charge is 2.54. The van der Waals surface area contributed by atoms with E-state index < -0.39 is 5.60 Å². The average Bonchev–Trinajstić information content (AvgIpc) is 2.54. The predicted octanol–water partition coefficient (Wildman–Crippen LogP) is -0.280. The summed E-state index contributed by atoms with van der Waals surface area (Å²) in [7, 11) is 0. The van der Waals surface area contributed by atoms with Crippen LogP contribution in [-0.2, 0) is 4.79 Å². The molecule has 0 radical (unpaired) electrons. The summed E-state index contributed by atoms with van der Waals surface area (Å²) in [6.07, 6.45) is 2.38. The van der Waals surface area contributed by atoms with Crippen molar-refractivity contribution in [2.45, 2.75) is 44.4 Å². The summed E-state index contributed by atoms with van der Waals surface area (Å²) in [5.41, 5.74) is -0.811. The van der Waals surface area contributed by atoms with Crippen molar-refractivity contribution < 1.29 is 9.90 Å². The van der Waals surface area contributed by atoms with Gasteiger partial charge in [-0.15, -0.1) is 0 Å². The average molecular weight is 198 g/mol.